The van der Waals surface area contributed by atoms with Gasteiger partial charge in [0.25, 0.3) is 0 Å². The molecule has 2 aliphatic rings. The second-order valence-corrected chi connectivity index (χ2v) is 7.09. The molecular weight excluding hydrogens is 302 g/mol. The molecule has 2 atom stereocenters. The first-order chi connectivity index (χ1) is 9.83. The van der Waals surface area contributed by atoms with Gasteiger partial charge in [-0.3, -0.25) is 4.98 Å². The van der Waals surface area contributed by atoms with E-state index in [4.69, 9.17) is 4.74 Å². The number of amides is 1. The maximum absolute atomic E-state index is 12.2. The SMILES string of the molecule is Cc1cncc(N2C[C@@H]3CN(C(=O)OC(C)(C)C)[C@@H]3C2)c1.Cl. The van der Waals surface area contributed by atoms with E-state index >= 15 is 0 Å². The van der Waals surface area contributed by atoms with Gasteiger partial charge in [-0.1, -0.05) is 0 Å². The van der Waals surface area contributed by atoms with Crippen molar-refractivity contribution >= 4 is 24.2 Å². The highest BCUT2D eigenvalue weighted by molar-refractivity contribution is 5.85. The number of anilines is 1. The summed E-state index contributed by atoms with van der Waals surface area (Å²) in [6.07, 6.45) is 3.57. The third-order valence-corrected chi connectivity index (χ3v) is 4.09. The Morgan fingerprint density at radius 2 is 2.00 bits per heavy atom. The highest BCUT2D eigenvalue weighted by Crippen LogP contribution is 2.35. The van der Waals surface area contributed by atoms with E-state index in [0.717, 1.165) is 30.9 Å². The number of halogens is 1. The molecule has 22 heavy (non-hydrogen) atoms. The van der Waals surface area contributed by atoms with Crippen LogP contribution in [0.15, 0.2) is 18.5 Å². The molecule has 122 valence electrons. The Labute approximate surface area is 138 Å². The molecule has 2 aliphatic heterocycles. The minimum absolute atomic E-state index is 0. The largest absolute Gasteiger partial charge is 0.444 e. The number of ether oxygens (including phenoxy) is 1. The van der Waals surface area contributed by atoms with Gasteiger partial charge >= 0.3 is 6.09 Å². The maximum atomic E-state index is 12.2. The normalized spacial score (nSPS) is 23.5. The second-order valence-electron chi connectivity index (χ2n) is 7.09. The molecule has 1 amide bonds. The highest BCUT2D eigenvalue weighted by Gasteiger charge is 2.49. The topological polar surface area (TPSA) is 45.7 Å². The van der Waals surface area contributed by atoms with Crippen LogP contribution in [0.5, 0.6) is 0 Å². The van der Waals surface area contributed by atoms with Gasteiger partial charge in [-0.15, -0.1) is 12.4 Å². The van der Waals surface area contributed by atoms with E-state index in [2.05, 4.69) is 16.0 Å². The van der Waals surface area contributed by atoms with Crippen molar-refractivity contribution in [3.8, 4) is 0 Å². The molecule has 3 rings (SSSR count). The number of hydrogen-bond donors (Lipinski definition) is 0. The molecule has 0 aliphatic carbocycles. The summed E-state index contributed by atoms with van der Waals surface area (Å²) in [5, 5.41) is 0. The average molecular weight is 326 g/mol. The van der Waals surface area contributed by atoms with Crippen LogP contribution in [0.25, 0.3) is 0 Å². The second kappa shape index (κ2) is 5.95. The number of nitrogens with zero attached hydrogens (tertiary/aromatic N) is 3. The van der Waals surface area contributed by atoms with Gasteiger partial charge in [0.2, 0.25) is 0 Å². The van der Waals surface area contributed by atoms with Crippen molar-refractivity contribution in [2.24, 2.45) is 5.92 Å². The number of carbonyl (C=O) groups is 1. The smallest absolute Gasteiger partial charge is 0.410 e. The molecule has 0 unspecified atom stereocenters. The molecule has 0 aromatic carbocycles. The van der Waals surface area contributed by atoms with Crippen LogP contribution in [-0.2, 0) is 4.74 Å². The van der Waals surface area contributed by atoms with Gasteiger partial charge in [-0.2, -0.15) is 0 Å². The van der Waals surface area contributed by atoms with Gasteiger partial charge in [-0.25, -0.2) is 4.79 Å². The quantitative estimate of drug-likeness (QED) is 0.796. The van der Waals surface area contributed by atoms with Gasteiger partial charge in [0.15, 0.2) is 0 Å². The lowest BCUT2D eigenvalue weighted by molar-refractivity contribution is -0.0163. The molecule has 1 aromatic heterocycles. The Morgan fingerprint density at radius 1 is 1.27 bits per heavy atom. The monoisotopic (exact) mass is 325 g/mol. The van der Waals surface area contributed by atoms with Crippen molar-refractivity contribution < 1.29 is 9.53 Å². The Morgan fingerprint density at radius 3 is 2.64 bits per heavy atom. The zero-order valence-electron chi connectivity index (χ0n) is 13.6. The fourth-order valence-corrected chi connectivity index (χ4v) is 3.09. The number of carbonyl (C=O) groups excluding carboxylic acids is 1. The summed E-state index contributed by atoms with van der Waals surface area (Å²) in [7, 11) is 0. The van der Waals surface area contributed by atoms with Crippen LogP contribution in [-0.4, -0.2) is 47.3 Å². The van der Waals surface area contributed by atoms with Crippen molar-refractivity contribution in [2.45, 2.75) is 39.3 Å². The Kier molecular flexibility index (Phi) is 4.57. The molecule has 0 radical (unpaired) electrons. The van der Waals surface area contributed by atoms with E-state index in [1.807, 2.05) is 45.0 Å². The van der Waals surface area contributed by atoms with Gasteiger partial charge in [0.1, 0.15) is 5.60 Å². The summed E-state index contributed by atoms with van der Waals surface area (Å²) in [5.41, 5.74) is 1.88. The number of rotatable bonds is 1. The van der Waals surface area contributed by atoms with Crippen LogP contribution in [0.4, 0.5) is 10.5 Å². The Bertz CT molecular complexity index is 559. The van der Waals surface area contributed by atoms with Gasteiger partial charge < -0.3 is 14.5 Å². The predicted octanol–water partition coefficient (Wildman–Crippen LogP) is 2.87. The minimum atomic E-state index is -0.430. The first-order valence-corrected chi connectivity index (χ1v) is 7.50. The molecule has 3 heterocycles. The van der Waals surface area contributed by atoms with Crippen LogP contribution in [0.2, 0.25) is 0 Å². The van der Waals surface area contributed by atoms with Crippen molar-refractivity contribution in [2.75, 3.05) is 24.5 Å². The molecule has 0 spiro atoms. The molecule has 0 saturated carbocycles. The van der Waals surface area contributed by atoms with E-state index in [1.165, 1.54) is 0 Å². The van der Waals surface area contributed by atoms with E-state index in [-0.39, 0.29) is 24.5 Å². The molecule has 2 fully saturated rings. The first kappa shape index (κ1) is 16.9. The van der Waals surface area contributed by atoms with Crippen LogP contribution in [0, 0.1) is 12.8 Å². The number of aromatic nitrogens is 1. The van der Waals surface area contributed by atoms with Crippen molar-refractivity contribution in [1.82, 2.24) is 9.88 Å². The fourth-order valence-electron chi connectivity index (χ4n) is 3.09. The predicted molar refractivity (Wildman–Crippen MR) is 88.7 cm³/mol. The van der Waals surface area contributed by atoms with E-state index in [1.54, 1.807) is 0 Å². The average Bonchev–Trinajstić information content (AvgIpc) is 2.65. The van der Waals surface area contributed by atoms with Crippen LogP contribution < -0.4 is 4.90 Å². The number of aryl methyl sites for hydroxylation is 1. The van der Waals surface area contributed by atoms with Crippen molar-refractivity contribution in [3.63, 3.8) is 0 Å². The fraction of sp³-hybridized carbons (Fsp3) is 0.625. The molecule has 0 bridgehead atoms. The van der Waals surface area contributed by atoms with Crippen LogP contribution >= 0.6 is 12.4 Å². The van der Waals surface area contributed by atoms with E-state index in [9.17, 15) is 4.79 Å². The van der Waals surface area contributed by atoms with Crippen molar-refractivity contribution in [1.29, 1.82) is 0 Å². The van der Waals surface area contributed by atoms with Gasteiger partial charge in [0, 0.05) is 31.7 Å². The number of fused-ring (bicyclic) bond motifs is 1. The summed E-state index contributed by atoms with van der Waals surface area (Å²) in [5.74, 6) is 0.554. The molecule has 0 N–H and O–H groups in total. The lowest BCUT2D eigenvalue weighted by Gasteiger charge is -2.43. The van der Waals surface area contributed by atoms with E-state index < -0.39 is 5.60 Å². The number of hydrogen-bond acceptors (Lipinski definition) is 4. The summed E-state index contributed by atoms with van der Waals surface area (Å²) in [6.45, 7) is 10.4. The minimum Gasteiger partial charge on any atom is -0.444 e. The molecule has 6 heteroatoms. The van der Waals surface area contributed by atoms with Gasteiger partial charge in [0.05, 0.1) is 17.9 Å². The maximum Gasteiger partial charge on any atom is 0.410 e. The van der Waals surface area contributed by atoms with Crippen molar-refractivity contribution in [3.05, 3.63) is 24.0 Å². The molecule has 2 saturated heterocycles. The molecule has 1 aromatic rings. The lowest BCUT2D eigenvalue weighted by Crippen LogP contribution is -2.59. The zero-order valence-corrected chi connectivity index (χ0v) is 14.4. The summed E-state index contributed by atoms with van der Waals surface area (Å²) < 4.78 is 5.47. The third kappa shape index (κ3) is 3.29. The zero-order chi connectivity index (χ0) is 15.2. The Balaban J connectivity index is 0.00000176. The Hall–Kier alpha value is -1.49. The molecule has 5 nitrogen and oxygen atoms in total. The highest BCUT2D eigenvalue weighted by atomic mass is 35.5. The van der Waals surface area contributed by atoms with Gasteiger partial charge in [-0.05, 0) is 39.3 Å². The van der Waals surface area contributed by atoms with E-state index in [0.29, 0.717) is 5.92 Å². The first-order valence-electron chi connectivity index (χ1n) is 7.50. The third-order valence-electron chi connectivity index (χ3n) is 4.09. The lowest BCUT2D eigenvalue weighted by atomic mass is 9.93. The molecular formula is C16H24ClN3O2. The summed E-state index contributed by atoms with van der Waals surface area (Å²) in [4.78, 5) is 20.6. The van der Waals surface area contributed by atoms with Crippen LogP contribution in [0.1, 0.15) is 26.3 Å². The number of pyridine rings is 1. The van der Waals surface area contributed by atoms with Crippen LogP contribution in [0.3, 0.4) is 0 Å². The standard InChI is InChI=1S/C16H23N3O2.ClH/c1-11-5-13(7-17-6-11)18-8-12-9-19(14(12)10-18)15(20)21-16(2,3)4;/h5-7,12,14H,8-10H2,1-4H3;1H/t12-,14-;/m1./s1. The number of likely N-dealkylation sites (tertiary alicyclic amines) is 1. The summed E-state index contributed by atoms with van der Waals surface area (Å²) in [6, 6.07) is 2.43. The summed E-state index contributed by atoms with van der Waals surface area (Å²) >= 11 is 0.